The Morgan fingerprint density at radius 1 is 1.29 bits per heavy atom. The van der Waals surface area contributed by atoms with Crippen molar-refractivity contribution in [3.05, 3.63) is 64.2 Å². The molecule has 0 saturated carbocycles. The van der Waals surface area contributed by atoms with E-state index in [4.69, 9.17) is 9.47 Å². The topological polar surface area (TPSA) is 84.9 Å². The van der Waals surface area contributed by atoms with Crippen molar-refractivity contribution in [2.45, 2.75) is 39.5 Å². The maximum atomic E-state index is 13.1. The molecule has 3 heterocycles. The lowest BCUT2D eigenvalue weighted by atomic mass is 9.75. The molecule has 0 aromatic heterocycles. The lowest BCUT2D eigenvalue weighted by Crippen LogP contribution is -2.40. The van der Waals surface area contributed by atoms with E-state index >= 15 is 0 Å². The Kier molecular flexibility index (Phi) is 7.35. The number of carbonyl (C=O) groups is 3. The largest absolute Gasteiger partial charge is 0.462 e. The minimum absolute atomic E-state index is 0.00331. The molecule has 4 rings (SSSR count). The summed E-state index contributed by atoms with van der Waals surface area (Å²) in [6.45, 7) is 7.01. The summed E-state index contributed by atoms with van der Waals surface area (Å²) in [6, 6.07) is 6.38. The molecule has 1 aromatic carbocycles. The molecule has 1 fully saturated rings. The van der Waals surface area contributed by atoms with Gasteiger partial charge in [-0.05, 0) is 43.2 Å². The summed E-state index contributed by atoms with van der Waals surface area (Å²) < 4.78 is 11.1. The number of benzene rings is 1. The van der Waals surface area contributed by atoms with Gasteiger partial charge in [0.15, 0.2) is 0 Å². The Morgan fingerprint density at radius 2 is 2.03 bits per heavy atom. The zero-order valence-corrected chi connectivity index (χ0v) is 19.9. The van der Waals surface area contributed by atoms with Crippen molar-refractivity contribution >= 4 is 18.2 Å². The maximum absolute atomic E-state index is 13.1. The second-order valence-electron chi connectivity index (χ2n) is 9.49. The van der Waals surface area contributed by atoms with Crippen molar-refractivity contribution in [3.8, 4) is 0 Å². The van der Waals surface area contributed by atoms with Gasteiger partial charge in [0.05, 0.1) is 17.7 Å². The number of ether oxygens (including phenoxy) is 2. The fourth-order valence-electron chi connectivity index (χ4n) is 4.84. The number of carbonyl (C=O) groups excluding carboxylic acids is 3. The SMILES string of the molecule is CCC1=C=CN(C[C@@H](C)COC(=O)c2ccc(C=O)cc2)C2=C1C(=O)NCC1(CCOCC1)C2. The minimum atomic E-state index is -0.415. The molecule has 0 aliphatic carbocycles. The van der Waals surface area contributed by atoms with Crippen molar-refractivity contribution in [1.29, 1.82) is 0 Å². The Morgan fingerprint density at radius 3 is 2.71 bits per heavy atom. The number of rotatable bonds is 7. The van der Waals surface area contributed by atoms with Crippen LogP contribution in [-0.4, -0.2) is 56.0 Å². The van der Waals surface area contributed by atoms with Gasteiger partial charge in [0.1, 0.15) is 6.29 Å². The summed E-state index contributed by atoms with van der Waals surface area (Å²) in [5.41, 5.74) is 6.95. The molecule has 3 aliphatic heterocycles. The standard InChI is InChI=1S/C27H32N2O5/c1-3-21-8-11-29(15-19(2)17-34-26(32)22-6-4-20(16-30)5-7-22)23-14-27(9-12-33-13-10-27)18-28-25(31)24(21)23/h4-7,11,16,19H,3,9-10,12-15,17-18H2,1-2H3,(H,28,31)/t19-/m1/s1. The fourth-order valence-corrected chi connectivity index (χ4v) is 4.84. The number of nitrogens with one attached hydrogen (secondary N) is 1. The van der Waals surface area contributed by atoms with Crippen LogP contribution >= 0.6 is 0 Å². The molecule has 1 amide bonds. The number of nitrogens with zero attached hydrogens (tertiary/aromatic N) is 1. The third kappa shape index (κ3) is 5.16. The van der Waals surface area contributed by atoms with Gasteiger partial charge < -0.3 is 19.7 Å². The molecule has 7 nitrogen and oxygen atoms in total. The molecule has 180 valence electrons. The number of allylic oxidation sites excluding steroid dienone is 1. The van der Waals surface area contributed by atoms with E-state index in [9.17, 15) is 14.4 Å². The minimum Gasteiger partial charge on any atom is -0.462 e. The van der Waals surface area contributed by atoms with Gasteiger partial charge in [-0.2, -0.15) is 0 Å². The molecule has 1 aromatic rings. The molecular weight excluding hydrogens is 432 g/mol. The zero-order valence-electron chi connectivity index (χ0n) is 19.9. The molecule has 3 aliphatic rings. The monoisotopic (exact) mass is 464 g/mol. The first-order valence-electron chi connectivity index (χ1n) is 12.0. The van der Waals surface area contributed by atoms with Crippen LogP contribution in [-0.2, 0) is 14.3 Å². The van der Waals surface area contributed by atoms with Crippen molar-refractivity contribution in [2.24, 2.45) is 11.3 Å². The van der Waals surface area contributed by atoms with Crippen LogP contribution < -0.4 is 5.32 Å². The van der Waals surface area contributed by atoms with Gasteiger partial charge in [-0.1, -0.05) is 31.7 Å². The van der Waals surface area contributed by atoms with Crippen molar-refractivity contribution < 1.29 is 23.9 Å². The van der Waals surface area contributed by atoms with Gasteiger partial charge in [0.25, 0.3) is 5.91 Å². The van der Waals surface area contributed by atoms with E-state index in [1.807, 2.05) is 20.0 Å². The van der Waals surface area contributed by atoms with Crippen LogP contribution in [0.5, 0.6) is 0 Å². The second kappa shape index (κ2) is 10.4. The highest BCUT2D eigenvalue weighted by Crippen LogP contribution is 2.42. The second-order valence-corrected chi connectivity index (χ2v) is 9.49. The molecule has 0 radical (unpaired) electrons. The summed E-state index contributed by atoms with van der Waals surface area (Å²) in [6.07, 6.45) is 6.07. The predicted octanol–water partition coefficient (Wildman–Crippen LogP) is 3.63. The summed E-state index contributed by atoms with van der Waals surface area (Å²) in [5, 5.41) is 3.16. The third-order valence-corrected chi connectivity index (χ3v) is 6.92. The summed E-state index contributed by atoms with van der Waals surface area (Å²) >= 11 is 0. The van der Waals surface area contributed by atoms with E-state index in [0.29, 0.717) is 37.4 Å². The van der Waals surface area contributed by atoms with Crippen LogP contribution in [0.15, 0.2) is 53.0 Å². The molecule has 0 bridgehead atoms. The first-order chi connectivity index (χ1) is 16.4. The normalized spacial score (nSPS) is 20.2. The van der Waals surface area contributed by atoms with Crippen LogP contribution in [0.2, 0.25) is 0 Å². The van der Waals surface area contributed by atoms with Crippen molar-refractivity contribution in [2.75, 3.05) is 32.9 Å². The van der Waals surface area contributed by atoms with Crippen LogP contribution in [0.3, 0.4) is 0 Å². The van der Waals surface area contributed by atoms with E-state index in [-0.39, 0.29) is 23.8 Å². The predicted molar refractivity (Wildman–Crippen MR) is 127 cm³/mol. The average molecular weight is 465 g/mol. The highest BCUT2D eigenvalue weighted by Gasteiger charge is 2.40. The van der Waals surface area contributed by atoms with Gasteiger partial charge in [-0.3, -0.25) is 9.59 Å². The highest BCUT2D eigenvalue weighted by atomic mass is 16.5. The van der Waals surface area contributed by atoms with Crippen LogP contribution in [0.4, 0.5) is 0 Å². The first kappa shape index (κ1) is 24.0. The third-order valence-electron chi connectivity index (χ3n) is 6.92. The summed E-state index contributed by atoms with van der Waals surface area (Å²) in [7, 11) is 0. The Hall–Kier alpha value is -3.15. The van der Waals surface area contributed by atoms with Crippen LogP contribution in [0.1, 0.15) is 60.2 Å². The van der Waals surface area contributed by atoms with Gasteiger partial charge >= 0.3 is 5.97 Å². The van der Waals surface area contributed by atoms with Gasteiger partial charge in [0, 0.05) is 55.3 Å². The molecule has 1 atom stereocenters. The van der Waals surface area contributed by atoms with E-state index in [2.05, 4.69) is 15.9 Å². The van der Waals surface area contributed by atoms with Crippen LogP contribution in [0.25, 0.3) is 0 Å². The maximum Gasteiger partial charge on any atom is 0.338 e. The number of esters is 1. The molecule has 1 spiro atoms. The molecular formula is C27H32N2O5. The summed E-state index contributed by atoms with van der Waals surface area (Å²) in [4.78, 5) is 38.4. The number of aldehydes is 1. The lowest BCUT2D eigenvalue weighted by molar-refractivity contribution is -0.117. The van der Waals surface area contributed by atoms with Crippen molar-refractivity contribution in [1.82, 2.24) is 10.2 Å². The Bertz CT molecular complexity index is 1040. The lowest BCUT2D eigenvalue weighted by Gasteiger charge is -2.39. The molecule has 0 unspecified atom stereocenters. The zero-order chi connectivity index (χ0) is 24.1. The fraction of sp³-hybridized carbons (Fsp3) is 0.481. The number of hydrogen-bond acceptors (Lipinski definition) is 6. The first-order valence-corrected chi connectivity index (χ1v) is 12.0. The average Bonchev–Trinajstić information content (AvgIpc) is 3.00. The molecule has 34 heavy (non-hydrogen) atoms. The Balaban J connectivity index is 1.47. The van der Waals surface area contributed by atoms with Crippen molar-refractivity contribution in [3.63, 3.8) is 0 Å². The summed E-state index contributed by atoms with van der Waals surface area (Å²) in [5.74, 6) is -0.412. The molecule has 1 N–H and O–H groups in total. The number of hydrogen-bond donors (Lipinski definition) is 1. The van der Waals surface area contributed by atoms with E-state index < -0.39 is 5.97 Å². The molecule has 1 saturated heterocycles. The van der Waals surface area contributed by atoms with E-state index in [0.717, 1.165) is 48.8 Å². The smallest absolute Gasteiger partial charge is 0.338 e. The molecule has 7 heteroatoms. The van der Waals surface area contributed by atoms with E-state index in [1.54, 1.807) is 24.3 Å². The quantitative estimate of drug-likeness (QED) is 0.377. The highest BCUT2D eigenvalue weighted by molar-refractivity contribution is 5.99. The van der Waals surface area contributed by atoms with Gasteiger partial charge in [-0.15, -0.1) is 0 Å². The number of amides is 1. The van der Waals surface area contributed by atoms with Gasteiger partial charge in [-0.25, -0.2) is 4.79 Å². The van der Waals surface area contributed by atoms with Gasteiger partial charge in [0.2, 0.25) is 0 Å². The van der Waals surface area contributed by atoms with Crippen LogP contribution in [0, 0.1) is 11.3 Å². The van der Waals surface area contributed by atoms with E-state index in [1.165, 1.54) is 0 Å². The Labute approximate surface area is 200 Å².